The zero-order valence-electron chi connectivity index (χ0n) is 11.6. The van der Waals surface area contributed by atoms with Crippen LogP contribution in [0.4, 0.5) is 0 Å². The van der Waals surface area contributed by atoms with Crippen molar-refractivity contribution in [3.63, 3.8) is 0 Å². The standard InChI is InChI=1S/C13H24N4O2/c1-10(18)15-4-5-16-13(19)9-17-6-2-3-11-7-14-8-12(11)17/h11-12,14H,2-9H2,1H3,(H,15,18)(H,16,19). The molecule has 2 aliphatic heterocycles. The Bertz CT molecular complexity index is 335. The van der Waals surface area contributed by atoms with Gasteiger partial charge in [0.25, 0.3) is 0 Å². The van der Waals surface area contributed by atoms with Crippen molar-refractivity contribution >= 4 is 11.8 Å². The van der Waals surface area contributed by atoms with E-state index in [-0.39, 0.29) is 11.8 Å². The molecule has 2 atom stereocenters. The summed E-state index contributed by atoms with van der Waals surface area (Å²) >= 11 is 0. The van der Waals surface area contributed by atoms with Gasteiger partial charge in [-0.3, -0.25) is 14.5 Å². The molecule has 2 amide bonds. The second-order valence-corrected chi connectivity index (χ2v) is 5.43. The number of hydrogen-bond acceptors (Lipinski definition) is 4. The average molecular weight is 268 g/mol. The van der Waals surface area contributed by atoms with Crippen molar-refractivity contribution in [3.8, 4) is 0 Å². The van der Waals surface area contributed by atoms with Crippen LogP contribution in [-0.2, 0) is 9.59 Å². The SMILES string of the molecule is CC(=O)NCCNC(=O)CN1CCCC2CNCC21. The predicted molar refractivity (Wildman–Crippen MR) is 72.6 cm³/mol. The van der Waals surface area contributed by atoms with Crippen LogP contribution < -0.4 is 16.0 Å². The van der Waals surface area contributed by atoms with Crippen LogP contribution in [0.2, 0.25) is 0 Å². The van der Waals surface area contributed by atoms with E-state index >= 15 is 0 Å². The summed E-state index contributed by atoms with van der Waals surface area (Å²) in [6.07, 6.45) is 2.46. The zero-order chi connectivity index (χ0) is 13.7. The van der Waals surface area contributed by atoms with Gasteiger partial charge in [-0.05, 0) is 31.8 Å². The van der Waals surface area contributed by atoms with Crippen LogP contribution in [0.1, 0.15) is 19.8 Å². The van der Waals surface area contributed by atoms with Gasteiger partial charge in [0.2, 0.25) is 11.8 Å². The first-order valence-corrected chi connectivity index (χ1v) is 7.12. The van der Waals surface area contributed by atoms with Gasteiger partial charge >= 0.3 is 0 Å². The van der Waals surface area contributed by atoms with Gasteiger partial charge < -0.3 is 16.0 Å². The molecule has 19 heavy (non-hydrogen) atoms. The van der Waals surface area contributed by atoms with Gasteiger partial charge in [0.1, 0.15) is 0 Å². The molecule has 6 heteroatoms. The largest absolute Gasteiger partial charge is 0.355 e. The number of piperidine rings is 1. The highest BCUT2D eigenvalue weighted by atomic mass is 16.2. The van der Waals surface area contributed by atoms with Gasteiger partial charge in [-0.25, -0.2) is 0 Å². The number of carbonyl (C=O) groups is 2. The Morgan fingerprint density at radius 1 is 1.26 bits per heavy atom. The van der Waals surface area contributed by atoms with Gasteiger partial charge in [0.15, 0.2) is 0 Å². The summed E-state index contributed by atoms with van der Waals surface area (Å²) in [4.78, 5) is 24.8. The lowest BCUT2D eigenvalue weighted by molar-refractivity contribution is -0.123. The van der Waals surface area contributed by atoms with E-state index in [1.807, 2.05) is 0 Å². The van der Waals surface area contributed by atoms with Gasteiger partial charge in [-0.15, -0.1) is 0 Å². The van der Waals surface area contributed by atoms with E-state index in [1.165, 1.54) is 19.8 Å². The summed E-state index contributed by atoms with van der Waals surface area (Å²) in [5, 5.41) is 8.93. The van der Waals surface area contributed by atoms with Crippen molar-refractivity contribution in [1.82, 2.24) is 20.9 Å². The molecule has 0 spiro atoms. The molecule has 2 heterocycles. The van der Waals surface area contributed by atoms with Gasteiger partial charge in [-0.2, -0.15) is 0 Å². The molecular weight excluding hydrogens is 244 g/mol. The Balaban J connectivity index is 1.68. The fourth-order valence-electron chi connectivity index (χ4n) is 3.04. The van der Waals surface area contributed by atoms with Crippen LogP contribution >= 0.6 is 0 Å². The third kappa shape index (κ3) is 4.18. The molecule has 2 saturated heterocycles. The minimum Gasteiger partial charge on any atom is -0.355 e. The lowest BCUT2D eigenvalue weighted by Gasteiger charge is -2.36. The third-order valence-corrected chi connectivity index (χ3v) is 3.96. The quantitative estimate of drug-likeness (QED) is 0.555. The van der Waals surface area contributed by atoms with Crippen molar-refractivity contribution < 1.29 is 9.59 Å². The summed E-state index contributed by atoms with van der Waals surface area (Å²) < 4.78 is 0. The zero-order valence-corrected chi connectivity index (χ0v) is 11.6. The number of nitrogens with zero attached hydrogens (tertiary/aromatic N) is 1. The Hall–Kier alpha value is -1.14. The number of fused-ring (bicyclic) bond motifs is 1. The average Bonchev–Trinajstić information content (AvgIpc) is 2.84. The monoisotopic (exact) mass is 268 g/mol. The molecular formula is C13H24N4O2. The molecule has 0 bridgehead atoms. The molecule has 2 aliphatic rings. The molecule has 0 aliphatic carbocycles. The normalized spacial score (nSPS) is 26.8. The van der Waals surface area contributed by atoms with E-state index in [0.29, 0.717) is 31.6 Å². The molecule has 6 nitrogen and oxygen atoms in total. The first-order valence-electron chi connectivity index (χ1n) is 7.12. The molecule has 0 aromatic carbocycles. The number of rotatable bonds is 5. The van der Waals surface area contributed by atoms with Crippen LogP contribution in [0.5, 0.6) is 0 Å². The number of amides is 2. The van der Waals surface area contributed by atoms with Crippen LogP contribution in [0, 0.1) is 5.92 Å². The van der Waals surface area contributed by atoms with Gasteiger partial charge in [0, 0.05) is 32.6 Å². The summed E-state index contributed by atoms with van der Waals surface area (Å²) in [6.45, 7) is 6.05. The number of hydrogen-bond donors (Lipinski definition) is 3. The second-order valence-electron chi connectivity index (χ2n) is 5.43. The first kappa shape index (κ1) is 14.3. The number of carbonyl (C=O) groups excluding carboxylic acids is 2. The highest BCUT2D eigenvalue weighted by molar-refractivity contribution is 5.78. The Labute approximate surface area is 114 Å². The van der Waals surface area contributed by atoms with E-state index in [0.717, 1.165) is 19.6 Å². The molecule has 2 rings (SSSR count). The summed E-state index contributed by atoms with van der Waals surface area (Å²) in [5.74, 6) is 0.698. The molecule has 0 radical (unpaired) electrons. The fraction of sp³-hybridized carbons (Fsp3) is 0.846. The van der Waals surface area contributed by atoms with Gasteiger partial charge in [-0.1, -0.05) is 0 Å². The Morgan fingerprint density at radius 2 is 2.05 bits per heavy atom. The highest BCUT2D eigenvalue weighted by Crippen LogP contribution is 2.25. The number of nitrogens with one attached hydrogen (secondary N) is 3. The minimum absolute atomic E-state index is 0.0536. The maximum atomic E-state index is 11.9. The molecule has 0 saturated carbocycles. The molecule has 0 aromatic rings. The van der Waals surface area contributed by atoms with E-state index < -0.39 is 0 Å². The van der Waals surface area contributed by atoms with Crippen molar-refractivity contribution in [2.45, 2.75) is 25.8 Å². The van der Waals surface area contributed by atoms with Crippen molar-refractivity contribution in [2.75, 3.05) is 39.3 Å². The third-order valence-electron chi connectivity index (χ3n) is 3.96. The summed E-state index contributed by atoms with van der Waals surface area (Å²) in [5.41, 5.74) is 0. The van der Waals surface area contributed by atoms with Crippen LogP contribution in [0.25, 0.3) is 0 Å². The van der Waals surface area contributed by atoms with E-state index in [9.17, 15) is 9.59 Å². The fourth-order valence-corrected chi connectivity index (χ4v) is 3.04. The second kappa shape index (κ2) is 6.86. The van der Waals surface area contributed by atoms with E-state index in [2.05, 4.69) is 20.9 Å². The first-order chi connectivity index (χ1) is 9.16. The van der Waals surface area contributed by atoms with Crippen LogP contribution in [0.3, 0.4) is 0 Å². The highest BCUT2D eigenvalue weighted by Gasteiger charge is 2.35. The van der Waals surface area contributed by atoms with Gasteiger partial charge in [0.05, 0.1) is 6.54 Å². The minimum atomic E-state index is -0.0647. The predicted octanol–water partition coefficient (Wildman–Crippen LogP) is -1.08. The van der Waals surface area contributed by atoms with Crippen molar-refractivity contribution in [3.05, 3.63) is 0 Å². The molecule has 0 aromatic heterocycles. The molecule has 2 fully saturated rings. The van der Waals surface area contributed by atoms with E-state index in [1.54, 1.807) is 0 Å². The Kier molecular flexibility index (Phi) is 5.15. The molecule has 2 unspecified atom stereocenters. The van der Waals surface area contributed by atoms with Crippen molar-refractivity contribution in [1.29, 1.82) is 0 Å². The lowest BCUT2D eigenvalue weighted by Crippen LogP contribution is -2.49. The summed E-state index contributed by atoms with van der Waals surface area (Å²) in [7, 11) is 0. The van der Waals surface area contributed by atoms with Crippen molar-refractivity contribution in [2.24, 2.45) is 5.92 Å². The molecule has 108 valence electrons. The smallest absolute Gasteiger partial charge is 0.234 e. The maximum absolute atomic E-state index is 11.9. The van der Waals surface area contributed by atoms with Crippen LogP contribution in [0.15, 0.2) is 0 Å². The lowest BCUT2D eigenvalue weighted by atomic mass is 9.92. The summed E-state index contributed by atoms with van der Waals surface area (Å²) in [6, 6.07) is 0.523. The Morgan fingerprint density at radius 3 is 2.84 bits per heavy atom. The van der Waals surface area contributed by atoms with Crippen LogP contribution in [-0.4, -0.2) is 62.0 Å². The number of likely N-dealkylation sites (tertiary alicyclic amines) is 1. The maximum Gasteiger partial charge on any atom is 0.234 e. The van der Waals surface area contributed by atoms with E-state index in [4.69, 9.17) is 0 Å². The topological polar surface area (TPSA) is 73.5 Å². The molecule has 3 N–H and O–H groups in total.